The molecule has 30 heavy (non-hydrogen) atoms. The van der Waals surface area contributed by atoms with Gasteiger partial charge in [0.05, 0.1) is 13.7 Å². The van der Waals surface area contributed by atoms with Gasteiger partial charge in [0.2, 0.25) is 0 Å². The zero-order valence-electron chi connectivity index (χ0n) is 17.7. The van der Waals surface area contributed by atoms with Crippen LogP contribution in [0.5, 0.6) is 5.75 Å². The summed E-state index contributed by atoms with van der Waals surface area (Å²) in [5.74, 6) is -0.0872. The zero-order valence-corrected chi connectivity index (χ0v) is 19.3. The Morgan fingerprint density at radius 3 is 2.43 bits per heavy atom. The molecule has 0 aliphatic carbocycles. The van der Waals surface area contributed by atoms with Gasteiger partial charge in [0.1, 0.15) is 11.4 Å². The Morgan fingerprint density at radius 2 is 1.83 bits per heavy atom. The van der Waals surface area contributed by atoms with E-state index in [4.69, 9.17) is 4.74 Å². The number of halogens is 1. The molecule has 2 rings (SSSR count). The van der Waals surface area contributed by atoms with Crippen LogP contribution in [0.2, 0.25) is 0 Å². The van der Waals surface area contributed by atoms with E-state index in [0.29, 0.717) is 5.75 Å². The molecule has 0 fully saturated rings. The second-order valence-electron chi connectivity index (χ2n) is 7.78. The van der Waals surface area contributed by atoms with E-state index >= 15 is 0 Å². The number of rotatable bonds is 7. The smallest absolute Gasteiger partial charge is 0.267 e. The first-order valence-corrected chi connectivity index (χ1v) is 10.3. The largest absolute Gasteiger partial charge is 0.497 e. The van der Waals surface area contributed by atoms with Gasteiger partial charge in [0, 0.05) is 16.1 Å². The molecule has 2 aromatic rings. The molecule has 0 aromatic heterocycles. The van der Waals surface area contributed by atoms with Gasteiger partial charge in [-0.3, -0.25) is 14.5 Å². The van der Waals surface area contributed by atoms with Crippen molar-refractivity contribution in [3.05, 3.63) is 82.5 Å². The predicted molar refractivity (Wildman–Crippen MR) is 124 cm³/mol. The van der Waals surface area contributed by atoms with Crippen LogP contribution in [0.1, 0.15) is 31.9 Å². The summed E-state index contributed by atoms with van der Waals surface area (Å²) in [7, 11) is 1.58. The fourth-order valence-electron chi connectivity index (χ4n) is 2.63. The highest BCUT2D eigenvalue weighted by atomic mass is 79.9. The SMILES string of the molecule is C=C(C(=O)NC(C)(C)C)N(Cc1cc(OC)ccc1Br)C(=O)/C=C/c1ccccc1. The number of carbonyl (C=O) groups excluding carboxylic acids is 2. The van der Waals surface area contributed by atoms with E-state index in [-0.39, 0.29) is 18.1 Å². The molecule has 0 bridgehead atoms. The standard InChI is InChI=1S/C24H27BrN2O3/c1-17(23(29)26-24(2,3)4)27(16-19-15-20(30-5)12-13-21(19)25)22(28)14-11-18-9-7-6-8-10-18/h6-15H,1,16H2,2-5H3,(H,26,29)/b14-11+. The van der Waals surface area contributed by atoms with Gasteiger partial charge in [-0.15, -0.1) is 0 Å². The predicted octanol–water partition coefficient (Wildman–Crippen LogP) is 4.93. The van der Waals surface area contributed by atoms with Crippen LogP contribution in [0.3, 0.4) is 0 Å². The summed E-state index contributed by atoms with van der Waals surface area (Å²) in [4.78, 5) is 27.1. The van der Waals surface area contributed by atoms with Gasteiger partial charge >= 0.3 is 0 Å². The average molecular weight is 471 g/mol. The fraction of sp³-hybridized carbons (Fsp3) is 0.250. The molecule has 0 atom stereocenters. The minimum atomic E-state index is -0.453. The number of hydrogen-bond donors (Lipinski definition) is 1. The molecule has 5 nitrogen and oxygen atoms in total. The molecule has 0 heterocycles. The number of nitrogens with zero attached hydrogens (tertiary/aromatic N) is 1. The lowest BCUT2D eigenvalue weighted by molar-refractivity contribution is -0.129. The molecule has 0 saturated carbocycles. The van der Waals surface area contributed by atoms with Crippen molar-refractivity contribution in [3.63, 3.8) is 0 Å². The molecule has 0 unspecified atom stereocenters. The summed E-state index contributed by atoms with van der Waals surface area (Å²) in [5.41, 5.74) is 1.30. The molecule has 2 aromatic carbocycles. The minimum Gasteiger partial charge on any atom is -0.497 e. The van der Waals surface area contributed by atoms with E-state index in [9.17, 15) is 9.59 Å². The minimum absolute atomic E-state index is 0.0716. The maximum atomic E-state index is 13.0. The first kappa shape index (κ1) is 23.4. The number of methoxy groups -OCH3 is 1. The Labute approximate surface area is 186 Å². The molecule has 2 amide bonds. The summed E-state index contributed by atoms with van der Waals surface area (Å²) in [5, 5.41) is 2.86. The third kappa shape index (κ3) is 6.88. The van der Waals surface area contributed by atoms with Crippen molar-refractivity contribution in [2.75, 3.05) is 7.11 Å². The van der Waals surface area contributed by atoms with Crippen LogP contribution in [-0.2, 0) is 16.1 Å². The van der Waals surface area contributed by atoms with Crippen LogP contribution in [-0.4, -0.2) is 29.4 Å². The molecular weight excluding hydrogens is 444 g/mol. The number of ether oxygens (including phenoxy) is 1. The molecular formula is C24H27BrN2O3. The van der Waals surface area contributed by atoms with Gasteiger partial charge in [0.15, 0.2) is 0 Å². The van der Waals surface area contributed by atoms with Crippen LogP contribution in [0.4, 0.5) is 0 Å². The lowest BCUT2D eigenvalue weighted by Crippen LogP contribution is -2.45. The van der Waals surface area contributed by atoms with Crippen molar-refractivity contribution >= 4 is 33.8 Å². The number of carbonyl (C=O) groups is 2. The van der Waals surface area contributed by atoms with Crippen LogP contribution in [0.15, 0.2) is 71.4 Å². The molecule has 6 heteroatoms. The quantitative estimate of drug-likeness (QED) is 0.583. The van der Waals surface area contributed by atoms with Crippen molar-refractivity contribution in [3.8, 4) is 5.75 Å². The normalized spacial score (nSPS) is 11.2. The Hall–Kier alpha value is -2.86. The van der Waals surface area contributed by atoms with E-state index in [1.54, 1.807) is 13.2 Å². The second kappa shape index (κ2) is 10.3. The van der Waals surface area contributed by atoms with E-state index in [1.165, 1.54) is 11.0 Å². The van der Waals surface area contributed by atoms with Crippen molar-refractivity contribution in [2.45, 2.75) is 32.9 Å². The maximum absolute atomic E-state index is 13.0. The topological polar surface area (TPSA) is 58.6 Å². The van der Waals surface area contributed by atoms with Crippen LogP contribution in [0, 0.1) is 0 Å². The van der Waals surface area contributed by atoms with E-state index in [0.717, 1.165) is 15.6 Å². The van der Waals surface area contributed by atoms with Gasteiger partial charge in [-0.1, -0.05) is 52.8 Å². The summed E-state index contributed by atoms with van der Waals surface area (Å²) < 4.78 is 6.09. The molecule has 1 N–H and O–H groups in total. The highest BCUT2D eigenvalue weighted by molar-refractivity contribution is 9.10. The molecule has 158 valence electrons. The van der Waals surface area contributed by atoms with Gasteiger partial charge in [-0.2, -0.15) is 0 Å². The van der Waals surface area contributed by atoms with Crippen LogP contribution in [0.25, 0.3) is 6.08 Å². The highest BCUT2D eigenvalue weighted by Gasteiger charge is 2.24. The van der Waals surface area contributed by atoms with Crippen LogP contribution >= 0.6 is 15.9 Å². The zero-order chi connectivity index (χ0) is 22.3. The van der Waals surface area contributed by atoms with Gasteiger partial charge in [-0.05, 0) is 56.2 Å². The lowest BCUT2D eigenvalue weighted by Gasteiger charge is -2.27. The number of nitrogens with one attached hydrogen (secondary N) is 1. The highest BCUT2D eigenvalue weighted by Crippen LogP contribution is 2.25. The molecule has 0 spiro atoms. The maximum Gasteiger partial charge on any atom is 0.267 e. The van der Waals surface area contributed by atoms with E-state index in [1.807, 2.05) is 69.3 Å². The van der Waals surface area contributed by atoms with Crippen molar-refractivity contribution < 1.29 is 14.3 Å². The first-order valence-electron chi connectivity index (χ1n) is 9.49. The van der Waals surface area contributed by atoms with E-state index in [2.05, 4.69) is 27.8 Å². The number of benzene rings is 2. The Kier molecular flexibility index (Phi) is 8.00. The molecule has 0 aliphatic rings. The van der Waals surface area contributed by atoms with Gasteiger partial charge in [0.25, 0.3) is 11.8 Å². The summed E-state index contributed by atoms with van der Waals surface area (Å²) in [6.45, 7) is 9.68. The third-order valence-electron chi connectivity index (χ3n) is 4.14. The average Bonchev–Trinajstić information content (AvgIpc) is 2.70. The molecule has 0 radical (unpaired) electrons. The van der Waals surface area contributed by atoms with Crippen LogP contribution < -0.4 is 10.1 Å². The number of hydrogen-bond acceptors (Lipinski definition) is 3. The van der Waals surface area contributed by atoms with Gasteiger partial charge < -0.3 is 10.1 Å². The Balaban J connectivity index is 2.34. The monoisotopic (exact) mass is 470 g/mol. The van der Waals surface area contributed by atoms with Crippen molar-refractivity contribution in [2.24, 2.45) is 0 Å². The first-order chi connectivity index (χ1) is 14.1. The molecule has 0 aliphatic heterocycles. The fourth-order valence-corrected chi connectivity index (χ4v) is 3.00. The lowest BCUT2D eigenvalue weighted by atomic mass is 10.1. The van der Waals surface area contributed by atoms with Crippen molar-refractivity contribution in [1.82, 2.24) is 10.2 Å². The summed E-state index contributed by atoms with van der Waals surface area (Å²) >= 11 is 3.51. The Bertz CT molecular complexity index is 947. The van der Waals surface area contributed by atoms with E-state index < -0.39 is 11.4 Å². The van der Waals surface area contributed by atoms with Gasteiger partial charge in [-0.25, -0.2) is 0 Å². The summed E-state index contributed by atoms with van der Waals surface area (Å²) in [6, 6.07) is 15.0. The second-order valence-corrected chi connectivity index (χ2v) is 8.63. The third-order valence-corrected chi connectivity index (χ3v) is 4.92. The Morgan fingerprint density at radius 1 is 1.17 bits per heavy atom. The summed E-state index contributed by atoms with van der Waals surface area (Å²) in [6.07, 6.45) is 3.16. The number of amides is 2. The van der Waals surface area contributed by atoms with Crippen molar-refractivity contribution in [1.29, 1.82) is 0 Å². The molecule has 0 saturated heterocycles.